The van der Waals surface area contributed by atoms with E-state index >= 15 is 0 Å². The van der Waals surface area contributed by atoms with Crippen molar-refractivity contribution < 1.29 is 0 Å². The minimum Gasteiger partial charge on any atom is -0.352 e. The van der Waals surface area contributed by atoms with Crippen LogP contribution >= 0.6 is 0 Å². The normalized spacial score (nSPS) is 10.8. The lowest BCUT2D eigenvalue weighted by atomic mass is 10.4. The fraction of sp³-hybridized carbons (Fsp3) is 0.786. The van der Waals surface area contributed by atoms with E-state index in [1.54, 1.807) is 0 Å². The molecule has 0 amide bonds. The largest absolute Gasteiger partial charge is 0.352 e. The van der Waals surface area contributed by atoms with Crippen molar-refractivity contribution in [2.75, 3.05) is 41.3 Å². The number of hydrogen-bond donors (Lipinski definition) is 1. The van der Waals surface area contributed by atoms with Gasteiger partial charge >= 0.3 is 0 Å². The number of nitrogens with one attached hydrogen (secondary N) is 1. The molecule has 0 radical (unpaired) electrons. The Morgan fingerprint density at radius 3 is 1.50 bits per heavy atom. The van der Waals surface area contributed by atoms with Crippen LogP contribution in [0.25, 0.3) is 0 Å². The van der Waals surface area contributed by atoms with E-state index in [-0.39, 0.29) is 0 Å². The van der Waals surface area contributed by atoms with Crippen LogP contribution in [-0.4, -0.2) is 47.2 Å². The fourth-order valence-corrected chi connectivity index (χ4v) is 1.97. The first-order valence-electron chi connectivity index (χ1n) is 7.58. The summed E-state index contributed by atoms with van der Waals surface area (Å²) >= 11 is 0. The second-order valence-corrected chi connectivity index (χ2v) is 4.90. The third-order valence-corrected chi connectivity index (χ3v) is 3.12. The minimum atomic E-state index is 0.298. The molecule has 0 atom stereocenters. The van der Waals surface area contributed by atoms with Gasteiger partial charge in [0.1, 0.15) is 0 Å². The van der Waals surface area contributed by atoms with E-state index in [9.17, 15) is 0 Å². The number of anilines is 3. The summed E-state index contributed by atoms with van der Waals surface area (Å²) in [5.41, 5.74) is 0. The van der Waals surface area contributed by atoms with Crippen LogP contribution in [0.3, 0.4) is 0 Å². The van der Waals surface area contributed by atoms with Gasteiger partial charge in [-0.15, -0.1) is 0 Å². The summed E-state index contributed by atoms with van der Waals surface area (Å²) in [7, 11) is 0. The van der Waals surface area contributed by atoms with Gasteiger partial charge in [-0.05, 0) is 41.5 Å². The standard InChI is InChI=1S/C14H28N6/c1-7-19(8-2)13-16-12(15-11(5)6)17-14(18-13)20(9-3)10-4/h11H,7-10H2,1-6H3,(H,15,16,17,18). The van der Waals surface area contributed by atoms with Gasteiger partial charge in [0.25, 0.3) is 0 Å². The molecular weight excluding hydrogens is 252 g/mol. The van der Waals surface area contributed by atoms with E-state index in [1.165, 1.54) is 0 Å². The first-order chi connectivity index (χ1) is 9.55. The first kappa shape index (κ1) is 16.5. The summed E-state index contributed by atoms with van der Waals surface area (Å²) in [5.74, 6) is 2.14. The predicted molar refractivity (Wildman–Crippen MR) is 85.7 cm³/mol. The Morgan fingerprint density at radius 2 is 1.20 bits per heavy atom. The summed E-state index contributed by atoms with van der Waals surface area (Å²) < 4.78 is 0. The molecule has 0 saturated carbocycles. The second kappa shape index (κ2) is 7.87. The van der Waals surface area contributed by atoms with E-state index in [0.29, 0.717) is 12.0 Å². The van der Waals surface area contributed by atoms with Crippen molar-refractivity contribution in [2.45, 2.75) is 47.6 Å². The zero-order chi connectivity index (χ0) is 15.1. The average molecular weight is 280 g/mol. The van der Waals surface area contributed by atoms with E-state index in [1.807, 2.05) is 0 Å². The Labute approximate surface area is 122 Å². The lowest BCUT2D eigenvalue weighted by Gasteiger charge is -2.24. The van der Waals surface area contributed by atoms with Crippen molar-refractivity contribution >= 4 is 17.8 Å². The Morgan fingerprint density at radius 1 is 0.800 bits per heavy atom. The summed E-state index contributed by atoms with van der Waals surface area (Å²) in [6.45, 7) is 16.2. The summed E-state index contributed by atoms with van der Waals surface area (Å²) in [5, 5.41) is 3.28. The molecule has 1 N–H and O–H groups in total. The van der Waals surface area contributed by atoms with Gasteiger partial charge in [-0.2, -0.15) is 15.0 Å². The molecule has 0 fully saturated rings. The number of hydrogen-bond acceptors (Lipinski definition) is 6. The Balaban J connectivity index is 3.19. The van der Waals surface area contributed by atoms with Crippen molar-refractivity contribution in [3.8, 4) is 0 Å². The summed E-state index contributed by atoms with van der Waals surface area (Å²) in [4.78, 5) is 18.0. The van der Waals surface area contributed by atoms with Crippen LogP contribution in [0.1, 0.15) is 41.5 Å². The topological polar surface area (TPSA) is 57.2 Å². The molecule has 0 aliphatic rings. The van der Waals surface area contributed by atoms with Gasteiger partial charge in [0, 0.05) is 32.2 Å². The molecule has 0 aliphatic heterocycles. The molecule has 1 heterocycles. The van der Waals surface area contributed by atoms with Gasteiger partial charge in [0.15, 0.2) is 0 Å². The molecule has 0 aliphatic carbocycles. The molecule has 1 aromatic heterocycles. The van der Waals surface area contributed by atoms with Crippen LogP contribution in [0.4, 0.5) is 17.8 Å². The van der Waals surface area contributed by atoms with Crippen molar-refractivity contribution in [3.63, 3.8) is 0 Å². The molecule has 0 unspecified atom stereocenters. The van der Waals surface area contributed by atoms with Crippen LogP contribution in [0, 0.1) is 0 Å². The molecule has 0 aromatic carbocycles. The zero-order valence-electron chi connectivity index (χ0n) is 13.6. The maximum absolute atomic E-state index is 4.61. The molecule has 0 bridgehead atoms. The van der Waals surface area contributed by atoms with E-state index in [0.717, 1.165) is 38.1 Å². The van der Waals surface area contributed by atoms with Crippen molar-refractivity contribution in [1.82, 2.24) is 15.0 Å². The molecule has 114 valence electrons. The van der Waals surface area contributed by atoms with Gasteiger partial charge in [0.05, 0.1) is 0 Å². The predicted octanol–water partition coefficient (Wildman–Crippen LogP) is 2.38. The van der Waals surface area contributed by atoms with Gasteiger partial charge < -0.3 is 15.1 Å². The minimum absolute atomic E-state index is 0.298. The molecule has 0 spiro atoms. The third kappa shape index (κ3) is 4.21. The quantitative estimate of drug-likeness (QED) is 0.789. The molecule has 20 heavy (non-hydrogen) atoms. The van der Waals surface area contributed by atoms with Crippen molar-refractivity contribution in [1.29, 1.82) is 0 Å². The average Bonchev–Trinajstić information content (AvgIpc) is 2.40. The number of aromatic nitrogens is 3. The van der Waals surface area contributed by atoms with Gasteiger partial charge in [0.2, 0.25) is 17.8 Å². The SMILES string of the molecule is CCN(CC)c1nc(NC(C)C)nc(N(CC)CC)n1. The van der Waals surface area contributed by atoms with E-state index in [2.05, 4.69) is 71.6 Å². The lowest BCUT2D eigenvalue weighted by molar-refractivity contribution is 0.770. The number of nitrogens with zero attached hydrogens (tertiary/aromatic N) is 5. The Hall–Kier alpha value is -1.59. The van der Waals surface area contributed by atoms with Crippen LogP contribution in [0.15, 0.2) is 0 Å². The second-order valence-electron chi connectivity index (χ2n) is 4.90. The Bertz CT molecular complexity index is 368. The monoisotopic (exact) mass is 280 g/mol. The third-order valence-electron chi connectivity index (χ3n) is 3.12. The van der Waals surface area contributed by atoms with Crippen LogP contribution in [0.5, 0.6) is 0 Å². The van der Waals surface area contributed by atoms with Gasteiger partial charge in [-0.1, -0.05) is 0 Å². The van der Waals surface area contributed by atoms with Crippen LogP contribution in [-0.2, 0) is 0 Å². The van der Waals surface area contributed by atoms with Crippen LogP contribution in [0.2, 0.25) is 0 Å². The van der Waals surface area contributed by atoms with Gasteiger partial charge in [-0.25, -0.2) is 0 Å². The maximum atomic E-state index is 4.61. The summed E-state index contributed by atoms with van der Waals surface area (Å²) in [6, 6.07) is 0.298. The highest BCUT2D eigenvalue weighted by atomic mass is 15.4. The maximum Gasteiger partial charge on any atom is 0.231 e. The van der Waals surface area contributed by atoms with Crippen molar-refractivity contribution in [3.05, 3.63) is 0 Å². The molecule has 6 heteroatoms. The van der Waals surface area contributed by atoms with Crippen LogP contribution < -0.4 is 15.1 Å². The molecule has 0 saturated heterocycles. The fourth-order valence-electron chi connectivity index (χ4n) is 1.97. The first-order valence-corrected chi connectivity index (χ1v) is 7.58. The molecule has 1 rings (SSSR count). The molecule has 6 nitrogen and oxygen atoms in total. The summed E-state index contributed by atoms with van der Waals surface area (Å²) in [6.07, 6.45) is 0. The molecule has 1 aromatic rings. The van der Waals surface area contributed by atoms with E-state index in [4.69, 9.17) is 0 Å². The van der Waals surface area contributed by atoms with E-state index < -0.39 is 0 Å². The highest BCUT2D eigenvalue weighted by molar-refractivity contribution is 5.45. The lowest BCUT2D eigenvalue weighted by Crippen LogP contribution is -2.29. The smallest absolute Gasteiger partial charge is 0.231 e. The highest BCUT2D eigenvalue weighted by Crippen LogP contribution is 2.16. The van der Waals surface area contributed by atoms with Crippen molar-refractivity contribution in [2.24, 2.45) is 0 Å². The molecular formula is C14H28N6. The highest BCUT2D eigenvalue weighted by Gasteiger charge is 2.14. The van der Waals surface area contributed by atoms with Gasteiger partial charge in [-0.3, -0.25) is 0 Å². The Kier molecular flexibility index (Phi) is 6.48. The zero-order valence-corrected chi connectivity index (χ0v) is 13.6. The number of rotatable bonds is 8.